The first-order valence-electron chi connectivity index (χ1n) is 5.53. The fourth-order valence-corrected chi connectivity index (χ4v) is 1.55. The topological polar surface area (TPSA) is 52.9 Å². The second-order valence-electron chi connectivity index (χ2n) is 3.79. The number of nitrogens with zero attached hydrogens (tertiary/aromatic N) is 1. The van der Waals surface area contributed by atoms with E-state index in [4.69, 9.17) is 5.26 Å². The smallest absolute Gasteiger partial charge is 0.251 e. The van der Waals surface area contributed by atoms with Crippen molar-refractivity contribution in [3.63, 3.8) is 0 Å². The van der Waals surface area contributed by atoms with Crippen molar-refractivity contribution in [1.82, 2.24) is 5.32 Å². The van der Waals surface area contributed by atoms with E-state index < -0.39 is 0 Å². The Kier molecular flexibility index (Phi) is 3.72. The molecular formula is C15H11N2O. The second kappa shape index (κ2) is 5.65. The molecule has 0 heterocycles. The first-order chi connectivity index (χ1) is 8.79. The molecule has 2 aromatic rings. The largest absolute Gasteiger partial charge is 0.348 e. The standard InChI is InChI=1S/C15H11N2O/c16-10-13-7-4-8-14(9-13)15(18)17-11-12-5-2-1-3-6-12/h1-2,4-9H,11H2,(H,17,18). The summed E-state index contributed by atoms with van der Waals surface area (Å²) in [5.41, 5.74) is 1.96. The van der Waals surface area contributed by atoms with Crippen molar-refractivity contribution in [2.75, 3.05) is 0 Å². The van der Waals surface area contributed by atoms with Crippen molar-refractivity contribution >= 4 is 5.91 Å². The van der Waals surface area contributed by atoms with E-state index >= 15 is 0 Å². The normalized spacial score (nSPS) is 9.50. The van der Waals surface area contributed by atoms with Gasteiger partial charge in [0.1, 0.15) is 0 Å². The molecule has 3 nitrogen and oxygen atoms in total. The minimum atomic E-state index is -0.184. The summed E-state index contributed by atoms with van der Waals surface area (Å²) in [4.78, 5) is 11.9. The molecule has 18 heavy (non-hydrogen) atoms. The summed E-state index contributed by atoms with van der Waals surface area (Å²) in [5, 5.41) is 11.6. The van der Waals surface area contributed by atoms with E-state index in [0.717, 1.165) is 5.56 Å². The number of benzene rings is 2. The van der Waals surface area contributed by atoms with E-state index in [1.165, 1.54) is 0 Å². The number of nitriles is 1. The second-order valence-corrected chi connectivity index (χ2v) is 3.79. The van der Waals surface area contributed by atoms with Gasteiger partial charge in [0.05, 0.1) is 11.6 Å². The lowest BCUT2D eigenvalue weighted by Crippen LogP contribution is -2.22. The summed E-state index contributed by atoms with van der Waals surface area (Å²) < 4.78 is 0. The first kappa shape index (κ1) is 11.9. The van der Waals surface area contributed by atoms with Crippen LogP contribution in [-0.4, -0.2) is 5.91 Å². The third-order valence-corrected chi connectivity index (χ3v) is 2.48. The highest BCUT2D eigenvalue weighted by Gasteiger charge is 2.05. The maximum Gasteiger partial charge on any atom is 0.251 e. The number of carbonyl (C=O) groups is 1. The van der Waals surface area contributed by atoms with Crippen LogP contribution in [0.4, 0.5) is 0 Å². The van der Waals surface area contributed by atoms with Crippen LogP contribution in [0.2, 0.25) is 0 Å². The Labute approximate surface area is 106 Å². The summed E-state index contributed by atoms with van der Waals surface area (Å²) in [6.45, 7) is 0.451. The van der Waals surface area contributed by atoms with Crippen molar-refractivity contribution in [3.05, 3.63) is 71.3 Å². The Morgan fingerprint density at radius 2 is 2.22 bits per heavy atom. The number of hydrogen-bond acceptors (Lipinski definition) is 2. The highest BCUT2D eigenvalue weighted by molar-refractivity contribution is 5.94. The molecular weight excluding hydrogens is 224 g/mol. The molecule has 0 aliphatic heterocycles. The summed E-state index contributed by atoms with van der Waals surface area (Å²) in [5.74, 6) is -0.184. The Bertz CT molecular complexity index is 585. The molecule has 0 saturated heterocycles. The van der Waals surface area contributed by atoms with Crippen LogP contribution in [0, 0.1) is 17.4 Å². The fourth-order valence-electron chi connectivity index (χ4n) is 1.55. The lowest BCUT2D eigenvalue weighted by atomic mass is 10.1. The number of carbonyl (C=O) groups excluding carboxylic acids is 1. The third-order valence-electron chi connectivity index (χ3n) is 2.48. The Hall–Kier alpha value is -2.60. The molecule has 1 amide bonds. The van der Waals surface area contributed by atoms with Gasteiger partial charge >= 0.3 is 0 Å². The van der Waals surface area contributed by atoms with E-state index in [9.17, 15) is 4.79 Å². The van der Waals surface area contributed by atoms with Crippen molar-refractivity contribution in [3.8, 4) is 6.07 Å². The van der Waals surface area contributed by atoms with Crippen LogP contribution in [0.15, 0.2) is 48.5 Å². The van der Waals surface area contributed by atoms with Crippen LogP contribution >= 0.6 is 0 Å². The fraction of sp³-hybridized carbons (Fsp3) is 0.0667. The molecule has 2 aromatic carbocycles. The summed E-state index contributed by atoms with van der Waals surface area (Å²) in [6.07, 6.45) is 0. The van der Waals surface area contributed by atoms with Crippen LogP contribution < -0.4 is 5.32 Å². The molecule has 0 saturated carbocycles. The molecule has 0 unspecified atom stereocenters. The zero-order valence-electron chi connectivity index (χ0n) is 9.68. The van der Waals surface area contributed by atoms with E-state index in [2.05, 4.69) is 11.4 Å². The number of rotatable bonds is 3. The van der Waals surface area contributed by atoms with Gasteiger partial charge in [-0.25, -0.2) is 0 Å². The maximum absolute atomic E-state index is 11.9. The molecule has 0 spiro atoms. The average molecular weight is 235 g/mol. The Morgan fingerprint density at radius 1 is 1.33 bits per heavy atom. The molecule has 3 heteroatoms. The van der Waals surface area contributed by atoms with E-state index in [0.29, 0.717) is 17.7 Å². The van der Waals surface area contributed by atoms with Gasteiger partial charge in [-0.05, 0) is 35.9 Å². The van der Waals surface area contributed by atoms with Gasteiger partial charge in [-0.15, -0.1) is 0 Å². The molecule has 0 aliphatic carbocycles. The van der Waals surface area contributed by atoms with Gasteiger partial charge in [-0.1, -0.05) is 24.3 Å². The van der Waals surface area contributed by atoms with Crippen molar-refractivity contribution in [1.29, 1.82) is 5.26 Å². The molecule has 0 atom stereocenters. The van der Waals surface area contributed by atoms with E-state index in [1.807, 2.05) is 30.3 Å². The SMILES string of the molecule is N#Cc1cccc(C(=O)NCc2c[c]ccc2)c1. The summed E-state index contributed by atoms with van der Waals surface area (Å²) in [7, 11) is 0. The molecule has 2 rings (SSSR count). The van der Waals surface area contributed by atoms with Gasteiger partial charge in [-0.3, -0.25) is 4.79 Å². The highest BCUT2D eigenvalue weighted by Crippen LogP contribution is 2.04. The minimum Gasteiger partial charge on any atom is -0.348 e. The minimum absolute atomic E-state index is 0.184. The quantitative estimate of drug-likeness (QED) is 0.887. The molecule has 0 aliphatic rings. The molecule has 0 aromatic heterocycles. The van der Waals surface area contributed by atoms with Crippen LogP contribution in [0.25, 0.3) is 0 Å². The summed E-state index contributed by atoms with van der Waals surface area (Å²) in [6, 6.07) is 19.0. The predicted molar refractivity (Wildman–Crippen MR) is 67.6 cm³/mol. The van der Waals surface area contributed by atoms with Gasteiger partial charge in [0.2, 0.25) is 0 Å². The molecule has 87 valence electrons. The van der Waals surface area contributed by atoms with Gasteiger partial charge in [0.15, 0.2) is 0 Å². The van der Waals surface area contributed by atoms with Crippen molar-refractivity contribution < 1.29 is 4.79 Å². The van der Waals surface area contributed by atoms with Crippen molar-refractivity contribution in [2.24, 2.45) is 0 Å². The molecule has 0 fully saturated rings. The zero-order chi connectivity index (χ0) is 12.8. The summed E-state index contributed by atoms with van der Waals surface area (Å²) >= 11 is 0. The van der Waals surface area contributed by atoms with Crippen LogP contribution in [0.1, 0.15) is 21.5 Å². The Balaban J connectivity index is 2.02. The van der Waals surface area contributed by atoms with Crippen molar-refractivity contribution in [2.45, 2.75) is 6.54 Å². The van der Waals surface area contributed by atoms with Gasteiger partial charge < -0.3 is 5.32 Å². The van der Waals surface area contributed by atoms with Crippen LogP contribution in [0.3, 0.4) is 0 Å². The van der Waals surface area contributed by atoms with Crippen LogP contribution in [0.5, 0.6) is 0 Å². The van der Waals surface area contributed by atoms with Gasteiger partial charge in [-0.2, -0.15) is 5.26 Å². The third kappa shape index (κ3) is 2.96. The maximum atomic E-state index is 11.9. The Morgan fingerprint density at radius 3 is 2.94 bits per heavy atom. The lowest BCUT2D eigenvalue weighted by Gasteiger charge is -2.05. The predicted octanol–water partition coefficient (Wildman–Crippen LogP) is 2.29. The van der Waals surface area contributed by atoms with E-state index in [-0.39, 0.29) is 5.91 Å². The monoisotopic (exact) mass is 235 g/mol. The molecule has 1 radical (unpaired) electrons. The van der Waals surface area contributed by atoms with Gasteiger partial charge in [0.25, 0.3) is 5.91 Å². The highest BCUT2D eigenvalue weighted by atomic mass is 16.1. The zero-order valence-corrected chi connectivity index (χ0v) is 9.68. The lowest BCUT2D eigenvalue weighted by molar-refractivity contribution is 0.0951. The molecule has 1 N–H and O–H groups in total. The number of nitrogens with one attached hydrogen (secondary N) is 1. The number of amides is 1. The first-order valence-corrected chi connectivity index (χ1v) is 5.53. The van der Waals surface area contributed by atoms with E-state index in [1.54, 1.807) is 24.3 Å². The average Bonchev–Trinajstić information content (AvgIpc) is 2.46. The van der Waals surface area contributed by atoms with Gasteiger partial charge in [0, 0.05) is 12.1 Å². The molecule has 0 bridgehead atoms. The van der Waals surface area contributed by atoms with Crippen LogP contribution in [-0.2, 0) is 6.54 Å². The number of hydrogen-bond donors (Lipinski definition) is 1.